The van der Waals surface area contributed by atoms with Crippen LogP contribution >= 0.6 is 11.3 Å². The average molecular weight is 529 g/mol. The third kappa shape index (κ3) is 7.40. The Kier molecular flexibility index (Phi) is 8.18. The lowest BCUT2D eigenvalue weighted by atomic mass is 10.2. The quantitative estimate of drug-likeness (QED) is 0.198. The van der Waals surface area contributed by atoms with Crippen molar-refractivity contribution >= 4 is 33.9 Å². The monoisotopic (exact) mass is 528 g/mol. The zero-order valence-electron chi connectivity index (χ0n) is 19.7. The number of carbonyl (C=O) groups excluding carboxylic acids is 1. The first kappa shape index (κ1) is 25.9. The number of nitrogens with zero attached hydrogens (tertiary/aromatic N) is 3. The van der Waals surface area contributed by atoms with Crippen molar-refractivity contribution < 1.29 is 22.7 Å². The molecule has 0 aliphatic carbocycles. The van der Waals surface area contributed by atoms with Gasteiger partial charge in [-0.05, 0) is 54.4 Å². The molecule has 0 radical (unpaired) electrons. The van der Waals surface area contributed by atoms with Gasteiger partial charge in [-0.3, -0.25) is 0 Å². The van der Waals surface area contributed by atoms with Crippen LogP contribution in [0.3, 0.4) is 0 Å². The van der Waals surface area contributed by atoms with E-state index in [9.17, 15) is 18.0 Å². The molecule has 4 aromatic rings. The van der Waals surface area contributed by atoms with E-state index >= 15 is 0 Å². The molecule has 0 bridgehead atoms. The van der Waals surface area contributed by atoms with Crippen LogP contribution in [0.2, 0.25) is 0 Å². The van der Waals surface area contributed by atoms with E-state index in [1.54, 1.807) is 23.5 Å². The minimum atomic E-state index is -4.51. The van der Waals surface area contributed by atoms with E-state index in [0.717, 1.165) is 47.1 Å². The normalized spacial score (nSPS) is 11.1. The average Bonchev–Trinajstić information content (AvgIpc) is 3.34. The summed E-state index contributed by atoms with van der Waals surface area (Å²) in [6.07, 6.45) is 2.18. The first-order valence-electron chi connectivity index (χ1n) is 11.4. The maximum absolute atomic E-state index is 12.8. The highest BCUT2D eigenvalue weighted by atomic mass is 32.1. The lowest BCUT2D eigenvalue weighted by molar-refractivity contribution is -0.137. The molecule has 2 heterocycles. The van der Waals surface area contributed by atoms with Crippen molar-refractivity contribution in [1.82, 2.24) is 15.0 Å². The number of urea groups is 1. The minimum Gasteiger partial charge on any atom is -0.424 e. The molecule has 2 aromatic carbocycles. The number of anilines is 3. The second-order valence-corrected chi connectivity index (χ2v) is 8.88. The molecule has 0 saturated heterocycles. The van der Waals surface area contributed by atoms with Gasteiger partial charge < -0.3 is 20.7 Å². The summed E-state index contributed by atoms with van der Waals surface area (Å²) in [6.45, 7) is 3.03. The SMILES string of the molecule is CCCCNc1ncc(-c2ccc(Oc3ncc(NC(=O)Nc4cccc(C(F)(F)F)c4)cn3)cc2)s1. The van der Waals surface area contributed by atoms with Crippen molar-refractivity contribution in [3.8, 4) is 22.2 Å². The maximum Gasteiger partial charge on any atom is 0.416 e. The van der Waals surface area contributed by atoms with Crippen molar-refractivity contribution in [2.75, 3.05) is 22.5 Å². The second-order valence-electron chi connectivity index (χ2n) is 7.85. The number of rotatable bonds is 9. The van der Waals surface area contributed by atoms with Crippen molar-refractivity contribution in [3.63, 3.8) is 0 Å². The predicted molar refractivity (Wildman–Crippen MR) is 137 cm³/mol. The molecule has 0 unspecified atom stereocenters. The Labute approximate surface area is 215 Å². The fourth-order valence-corrected chi connectivity index (χ4v) is 4.00. The Morgan fingerprint density at radius 3 is 2.41 bits per heavy atom. The summed E-state index contributed by atoms with van der Waals surface area (Å²) in [4.78, 5) is 25.7. The number of aromatic nitrogens is 3. The van der Waals surface area contributed by atoms with Gasteiger partial charge in [0.2, 0.25) is 0 Å². The zero-order valence-corrected chi connectivity index (χ0v) is 20.5. The number of halogens is 3. The highest BCUT2D eigenvalue weighted by Crippen LogP contribution is 2.32. The van der Waals surface area contributed by atoms with E-state index in [2.05, 4.69) is 37.8 Å². The Balaban J connectivity index is 1.30. The molecular formula is C25H23F3N6O2S. The number of amides is 2. The Hall–Kier alpha value is -4.19. The van der Waals surface area contributed by atoms with Gasteiger partial charge >= 0.3 is 18.2 Å². The first-order valence-corrected chi connectivity index (χ1v) is 12.2. The van der Waals surface area contributed by atoms with Crippen LogP contribution in [0.25, 0.3) is 10.4 Å². The van der Waals surface area contributed by atoms with E-state index in [1.165, 1.54) is 24.5 Å². The molecule has 8 nitrogen and oxygen atoms in total. The summed E-state index contributed by atoms with van der Waals surface area (Å²) in [5.74, 6) is 0.526. The number of nitrogens with one attached hydrogen (secondary N) is 3. The van der Waals surface area contributed by atoms with Crippen molar-refractivity contribution in [3.05, 3.63) is 72.7 Å². The fourth-order valence-electron chi connectivity index (χ4n) is 3.15. The molecule has 0 aliphatic rings. The summed E-state index contributed by atoms with van der Waals surface area (Å²) in [7, 11) is 0. The summed E-state index contributed by atoms with van der Waals surface area (Å²) >= 11 is 1.58. The number of hydrogen-bond donors (Lipinski definition) is 3. The smallest absolute Gasteiger partial charge is 0.416 e. The standard InChI is InChI=1S/C25H23F3N6O2S/c1-2-3-11-29-24-32-15-21(37-24)16-7-9-20(10-8-16)36-23-30-13-19(14-31-23)34-22(35)33-18-6-4-5-17(12-18)25(26,27)28/h4-10,12-15H,2-3,11H2,1H3,(H,29,32)(H2,33,34,35). The van der Waals surface area contributed by atoms with Crippen molar-refractivity contribution in [2.45, 2.75) is 25.9 Å². The Morgan fingerprint density at radius 2 is 1.70 bits per heavy atom. The molecule has 12 heteroatoms. The van der Waals surface area contributed by atoms with Crippen LogP contribution in [0.4, 0.5) is 34.5 Å². The third-order valence-electron chi connectivity index (χ3n) is 4.99. The number of carbonyl (C=O) groups is 1. The lowest BCUT2D eigenvalue weighted by Gasteiger charge is -2.11. The second kappa shape index (κ2) is 11.7. The molecule has 2 aromatic heterocycles. The largest absolute Gasteiger partial charge is 0.424 e. The summed E-state index contributed by atoms with van der Waals surface area (Å²) in [5, 5.41) is 9.00. The molecule has 0 spiro atoms. The van der Waals surface area contributed by atoms with Crippen LogP contribution in [0, 0.1) is 0 Å². The molecule has 0 atom stereocenters. The van der Waals surface area contributed by atoms with Gasteiger partial charge in [0.15, 0.2) is 5.13 Å². The van der Waals surface area contributed by atoms with E-state index in [4.69, 9.17) is 4.74 Å². The molecule has 2 amide bonds. The topological polar surface area (TPSA) is 101 Å². The Bertz CT molecular complexity index is 1330. The van der Waals surface area contributed by atoms with E-state index in [-0.39, 0.29) is 17.4 Å². The number of thiazole rings is 1. The molecule has 37 heavy (non-hydrogen) atoms. The molecule has 4 rings (SSSR count). The number of alkyl halides is 3. The van der Waals surface area contributed by atoms with E-state index in [1.807, 2.05) is 18.3 Å². The number of benzene rings is 2. The van der Waals surface area contributed by atoms with E-state index < -0.39 is 17.8 Å². The van der Waals surface area contributed by atoms with Gasteiger partial charge in [-0.2, -0.15) is 13.2 Å². The highest BCUT2D eigenvalue weighted by molar-refractivity contribution is 7.18. The fraction of sp³-hybridized carbons (Fsp3) is 0.200. The third-order valence-corrected chi connectivity index (χ3v) is 6.00. The summed E-state index contributed by atoms with van der Waals surface area (Å²) in [5.41, 5.74) is 0.375. The van der Waals surface area contributed by atoms with Crippen LogP contribution in [0.5, 0.6) is 11.8 Å². The number of hydrogen-bond acceptors (Lipinski definition) is 7. The van der Waals surface area contributed by atoms with E-state index in [0.29, 0.717) is 5.75 Å². The lowest BCUT2D eigenvalue weighted by Crippen LogP contribution is -2.20. The van der Waals surface area contributed by atoms with Crippen molar-refractivity contribution in [1.29, 1.82) is 0 Å². The first-order chi connectivity index (χ1) is 17.8. The zero-order chi connectivity index (χ0) is 26.3. The van der Waals surface area contributed by atoms with Gasteiger partial charge in [-0.15, -0.1) is 0 Å². The van der Waals surface area contributed by atoms with Gasteiger partial charge in [0.1, 0.15) is 5.75 Å². The molecular weight excluding hydrogens is 505 g/mol. The van der Waals surface area contributed by atoms with Gasteiger partial charge in [0, 0.05) is 18.4 Å². The molecule has 192 valence electrons. The van der Waals surface area contributed by atoms with Gasteiger partial charge in [0.25, 0.3) is 0 Å². The van der Waals surface area contributed by atoms with Gasteiger partial charge in [-0.1, -0.05) is 30.7 Å². The highest BCUT2D eigenvalue weighted by Gasteiger charge is 2.30. The Morgan fingerprint density at radius 1 is 0.973 bits per heavy atom. The van der Waals surface area contributed by atoms with Gasteiger partial charge in [-0.25, -0.2) is 19.7 Å². The van der Waals surface area contributed by atoms with Crippen LogP contribution in [-0.4, -0.2) is 27.5 Å². The van der Waals surface area contributed by atoms with Crippen molar-refractivity contribution in [2.24, 2.45) is 0 Å². The minimum absolute atomic E-state index is 0.000969. The number of ether oxygens (including phenoxy) is 1. The molecule has 0 fully saturated rings. The summed E-state index contributed by atoms with van der Waals surface area (Å²) in [6, 6.07) is 11.1. The van der Waals surface area contributed by atoms with Crippen LogP contribution < -0.4 is 20.7 Å². The molecule has 0 aliphatic heterocycles. The number of unbranched alkanes of at least 4 members (excludes halogenated alkanes) is 1. The van der Waals surface area contributed by atoms with Crippen LogP contribution in [-0.2, 0) is 6.18 Å². The van der Waals surface area contributed by atoms with Crippen LogP contribution in [0.1, 0.15) is 25.3 Å². The van der Waals surface area contributed by atoms with Gasteiger partial charge in [0.05, 0.1) is 28.5 Å². The molecule has 0 saturated carbocycles. The predicted octanol–water partition coefficient (Wildman–Crippen LogP) is 7.27. The maximum atomic E-state index is 12.8. The summed E-state index contributed by atoms with van der Waals surface area (Å²) < 4.78 is 44.2. The van der Waals surface area contributed by atoms with Crippen LogP contribution in [0.15, 0.2) is 67.1 Å². The molecule has 3 N–H and O–H groups in total.